The molecule has 1 aliphatic carbocycles. The molecule has 5 heteroatoms. The molecule has 0 amide bonds. The first-order chi connectivity index (χ1) is 8.00. The summed E-state index contributed by atoms with van der Waals surface area (Å²) in [6, 6.07) is 0. The normalized spacial score (nSPS) is 19.6. The van der Waals surface area contributed by atoms with Crippen LogP contribution >= 0.6 is 0 Å². The second-order valence-electron chi connectivity index (χ2n) is 4.33. The van der Waals surface area contributed by atoms with E-state index in [1.807, 2.05) is 0 Å². The molecule has 0 bridgehead atoms. The van der Waals surface area contributed by atoms with Gasteiger partial charge in [0.2, 0.25) is 5.76 Å². The molecule has 5 nitrogen and oxygen atoms in total. The number of hydrogen-bond acceptors (Lipinski definition) is 5. The van der Waals surface area contributed by atoms with Crippen LogP contribution in [0.3, 0.4) is 0 Å². The number of aliphatic hydroxyl groups excluding tert-OH is 1. The molecule has 17 heavy (non-hydrogen) atoms. The van der Waals surface area contributed by atoms with Crippen molar-refractivity contribution in [3.05, 3.63) is 22.7 Å². The van der Waals surface area contributed by atoms with Crippen LogP contribution in [0.25, 0.3) is 0 Å². The van der Waals surface area contributed by atoms with E-state index in [9.17, 15) is 14.7 Å². The molecule has 0 aromatic heterocycles. The fourth-order valence-corrected chi connectivity index (χ4v) is 1.94. The first kappa shape index (κ1) is 11.7. The fourth-order valence-electron chi connectivity index (χ4n) is 1.94. The van der Waals surface area contributed by atoms with Gasteiger partial charge in [-0.2, -0.15) is 0 Å². The lowest BCUT2D eigenvalue weighted by Crippen LogP contribution is -2.18. The lowest BCUT2D eigenvalue weighted by molar-refractivity contribution is -0.143. The second-order valence-corrected chi connectivity index (χ2v) is 4.33. The van der Waals surface area contributed by atoms with Gasteiger partial charge in [0, 0.05) is 5.57 Å². The van der Waals surface area contributed by atoms with E-state index in [0.29, 0.717) is 30.4 Å². The van der Waals surface area contributed by atoms with Crippen molar-refractivity contribution in [1.82, 2.24) is 0 Å². The standard InChI is InChI=1S/C12H14O5/c1-6(2)16-11(14)8-5-3-4-7-9(13)12(15)17-10(7)8/h6,13H,3-5H2,1-2H3. The van der Waals surface area contributed by atoms with Gasteiger partial charge in [-0.3, -0.25) is 0 Å². The highest BCUT2D eigenvalue weighted by molar-refractivity contribution is 5.97. The quantitative estimate of drug-likeness (QED) is 0.742. The number of ether oxygens (including phenoxy) is 2. The molecule has 0 aromatic rings. The third kappa shape index (κ3) is 2.05. The number of carbonyl (C=O) groups is 2. The van der Waals surface area contributed by atoms with E-state index in [4.69, 9.17) is 9.47 Å². The van der Waals surface area contributed by atoms with Crippen LogP contribution in [0.1, 0.15) is 33.1 Å². The predicted octanol–water partition coefficient (Wildman–Crippen LogP) is 1.74. The summed E-state index contributed by atoms with van der Waals surface area (Å²) >= 11 is 0. The van der Waals surface area contributed by atoms with Crippen LogP contribution in [0.5, 0.6) is 0 Å². The minimum absolute atomic E-state index is 0.199. The number of esters is 2. The Bertz CT molecular complexity index is 442. The highest BCUT2D eigenvalue weighted by atomic mass is 16.6. The number of allylic oxidation sites excluding steroid dienone is 1. The van der Waals surface area contributed by atoms with E-state index in [0.717, 1.165) is 0 Å². The molecule has 1 aliphatic heterocycles. The Balaban J connectivity index is 2.34. The van der Waals surface area contributed by atoms with Crippen LogP contribution in [0.4, 0.5) is 0 Å². The summed E-state index contributed by atoms with van der Waals surface area (Å²) in [5, 5.41) is 9.49. The molecule has 2 rings (SSSR count). The number of rotatable bonds is 2. The molecule has 0 atom stereocenters. The zero-order valence-corrected chi connectivity index (χ0v) is 9.78. The highest BCUT2D eigenvalue weighted by Gasteiger charge is 2.36. The Hall–Kier alpha value is -1.78. The maximum Gasteiger partial charge on any atom is 0.379 e. The smallest absolute Gasteiger partial charge is 0.379 e. The number of fused-ring (bicyclic) bond motifs is 1. The first-order valence-corrected chi connectivity index (χ1v) is 5.59. The van der Waals surface area contributed by atoms with E-state index >= 15 is 0 Å². The Morgan fingerprint density at radius 2 is 2.12 bits per heavy atom. The van der Waals surface area contributed by atoms with Crippen molar-refractivity contribution < 1.29 is 24.2 Å². The molecule has 0 saturated carbocycles. The molecular formula is C12H14O5. The van der Waals surface area contributed by atoms with Crippen LogP contribution in [0, 0.1) is 0 Å². The summed E-state index contributed by atoms with van der Waals surface area (Å²) in [5.41, 5.74) is 0.773. The van der Waals surface area contributed by atoms with Gasteiger partial charge in [0.05, 0.1) is 11.7 Å². The van der Waals surface area contributed by atoms with Crippen LogP contribution in [0.2, 0.25) is 0 Å². The topological polar surface area (TPSA) is 72.8 Å². The van der Waals surface area contributed by atoms with E-state index in [1.54, 1.807) is 13.8 Å². The summed E-state index contributed by atoms with van der Waals surface area (Å²) in [6.07, 6.45) is 1.52. The van der Waals surface area contributed by atoms with Crippen molar-refractivity contribution in [1.29, 1.82) is 0 Å². The highest BCUT2D eigenvalue weighted by Crippen LogP contribution is 2.37. The van der Waals surface area contributed by atoms with Crippen LogP contribution in [-0.2, 0) is 19.1 Å². The minimum Gasteiger partial charge on any atom is -0.502 e. The maximum atomic E-state index is 11.8. The van der Waals surface area contributed by atoms with Crippen molar-refractivity contribution in [3.8, 4) is 0 Å². The maximum absolute atomic E-state index is 11.8. The molecule has 0 radical (unpaired) electrons. The lowest BCUT2D eigenvalue weighted by Gasteiger charge is -2.17. The molecule has 1 N–H and O–H groups in total. The Morgan fingerprint density at radius 1 is 1.41 bits per heavy atom. The van der Waals surface area contributed by atoms with Gasteiger partial charge < -0.3 is 14.6 Å². The summed E-state index contributed by atoms with van der Waals surface area (Å²) < 4.78 is 9.98. The summed E-state index contributed by atoms with van der Waals surface area (Å²) in [4.78, 5) is 23.0. The Kier molecular flexibility index (Phi) is 2.92. The van der Waals surface area contributed by atoms with Gasteiger partial charge in [0.25, 0.3) is 0 Å². The predicted molar refractivity (Wildman–Crippen MR) is 57.9 cm³/mol. The third-order valence-corrected chi connectivity index (χ3v) is 2.66. The Morgan fingerprint density at radius 3 is 2.76 bits per heavy atom. The molecule has 92 valence electrons. The SMILES string of the molecule is CC(C)OC(=O)C1=C2OC(=O)C(O)=C2CCC1. The zero-order chi connectivity index (χ0) is 12.6. The van der Waals surface area contributed by atoms with Gasteiger partial charge in [-0.05, 0) is 33.1 Å². The monoisotopic (exact) mass is 238 g/mol. The summed E-state index contributed by atoms with van der Waals surface area (Å²) in [7, 11) is 0. The van der Waals surface area contributed by atoms with Gasteiger partial charge in [-0.15, -0.1) is 0 Å². The second kappa shape index (κ2) is 4.24. The van der Waals surface area contributed by atoms with Crippen LogP contribution < -0.4 is 0 Å². The average molecular weight is 238 g/mol. The third-order valence-electron chi connectivity index (χ3n) is 2.66. The van der Waals surface area contributed by atoms with Gasteiger partial charge in [-0.1, -0.05) is 0 Å². The molecule has 0 fully saturated rings. The molecule has 0 unspecified atom stereocenters. The zero-order valence-electron chi connectivity index (χ0n) is 9.78. The fraction of sp³-hybridized carbons (Fsp3) is 0.500. The van der Waals surface area contributed by atoms with Crippen LogP contribution in [-0.4, -0.2) is 23.1 Å². The molecule has 0 saturated heterocycles. The van der Waals surface area contributed by atoms with Crippen molar-refractivity contribution in [2.24, 2.45) is 0 Å². The summed E-state index contributed by atoms with van der Waals surface area (Å²) in [6.45, 7) is 3.50. The largest absolute Gasteiger partial charge is 0.502 e. The first-order valence-electron chi connectivity index (χ1n) is 5.59. The molecular weight excluding hydrogens is 224 g/mol. The van der Waals surface area contributed by atoms with Gasteiger partial charge in [0.15, 0.2) is 0 Å². The van der Waals surface area contributed by atoms with Crippen LogP contribution in [0.15, 0.2) is 22.7 Å². The average Bonchev–Trinajstić information content (AvgIpc) is 2.54. The lowest BCUT2D eigenvalue weighted by atomic mass is 9.93. The number of hydrogen-bond donors (Lipinski definition) is 1. The van der Waals surface area contributed by atoms with Crippen molar-refractivity contribution in [2.45, 2.75) is 39.2 Å². The molecule has 0 spiro atoms. The molecule has 0 aromatic carbocycles. The number of aliphatic hydroxyl groups is 1. The minimum atomic E-state index is -0.785. The van der Waals surface area contributed by atoms with Gasteiger partial charge in [0.1, 0.15) is 5.76 Å². The number of carbonyl (C=O) groups excluding carboxylic acids is 2. The van der Waals surface area contributed by atoms with E-state index < -0.39 is 11.9 Å². The van der Waals surface area contributed by atoms with Crippen molar-refractivity contribution >= 4 is 11.9 Å². The molecule has 1 heterocycles. The summed E-state index contributed by atoms with van der Waals surface area (Å²) in [5.74, 6) is -1.44. The molecule has 2 aliphatic rings. The van der Waals surface area contributed by atoms with Gasteiger partial charge >= 0.3 is 11.9 Å². The van der Waals surface area contributed by atoms with Gasteiger partial charge in [-0.25, -0.2) is 9.59 Å². The Labute approximate surface area is 98.7 Å². The van der Waals surface area contributed by atoms with Crippen molar-refractivity contribution in [2.75, 3.05) is 0 Å². The van der Waals surface area contributed by atoms with E-state index in [2.05, 4.69) is 0 Å². The van der Waals surface area contributed by atoms with E-state index in [1.165, 1.54) is 0 Å². The van der Waals surface area contributed by atoms with Crippen molar-refractivity contribution in [3.63, 3.8) is 0 Å². The van der Waals surface area contributed by atoms with E-state index in [-0.39, 0.29) is 17.6 Å².